The van der Waals surface area contributed by atoms with Gasteiger partial charge in [0.05, 0.1) is 12.0 Å². The lowest BCUT2D eigenvalue weighted by atomic mass is 9.68. The second-order valence-electron chi connectivity index (χ2n) is 9.43. The summed E-state index contributed by atoms with van der Waals surface area (Å²) in [5.41, 5.74) is 3.21. The van der Waals surface area contributed by atoms with Crippen molar-refractivity contribution in [2.24, 2.45) is 0 Å². The summed E-state index contributed by atoms with van der Waals surface area (Å²) in [7, 11) is 0. The zero-order chi connectivity index (χ0) is 28.4. The van der Waals surface area contributed by atoms with E-state index in [-0.39, 0.29) is 5.41 Å². The minimum atomic E-state index is -0.245. The van der Waals surface area contributed by atoms with Crippen molar-refractivity contribution in [2.75, 3.05) is 6.61 Å². The zero-order valence-corrected chi connectivity index (χ0v) is 25.1. The molecule has 2 aromatic carbocycles. The number of hydrogen-bond acceptors (Lipinski definition) is 5. The molecule has 0 N–H and O–H groups in total. The quantitative estimate of drug-likeness (QED) is 0.209. The lowest BCUT2D eigenvalue weighted by Crippen LogP contribution is -2.36. The van der Waals surface area contributed by atoms with Gasteiger partial charge in [0.2, 0.25) is 11.7 Å². The molecular weight excluding hydrogens is 472 g/mol. The third-order valence-corrected chi connectivity index (χ3v) is 6.43. The minimum absolute atomic E-state index is 0.245. The van der Waals surface area contributed by atoms with E-state index < -0.39 is 0 Å². The number of aryl methyl sites for hydroxylation is 2. The van der Waals surface area contributed by atoms with Gasteiger partial charge in [0.25, 0.3) is 0 Å². The Morgan fingerprint density at radius 3 is 2.00 bits per heavy atom. The van der Waals surface area contributed by atoms with Gasteiger partial charge in [-0.15, -0.1) is 0 Å². The molecule has 0 radical (unpaired) electrons. The predicted octanol–water partition coefficient (Wildman–Crippen LogP) is 9.45. The number of unbranched alkanes of at least 4 members (excludes halogenated alkanes) is 1. The largest absolute Gasteiger partial charge is 0.494 e. The molecule has 0 saturated carbocycles. The van der Waals surface area contributed by atoms with E-state index in [0.29, 0.717) is 23.9 Å². The molecule has 0 aliphatic rings. The first-order valence-electron chi connectivity index (χ1n) is 14.5. The summed E-state index contributed by atoms with van der Waals surface area (Å²) in [6.45, 7) is 17.3. The Bertz CT molecular complexity index is 1030. The van der Waals surface area contributed by atoms with E-state index in [1.54, 1.807) is 6.92 Å². The zero-order valence-electron chi connectivity index (χ0n) is 25.1. The number of ketones is 1. The molecule has 0 amide bonds. The molecule has 5 heteroatoms. The third-order valence-electron chi connectivity index (χ3n) is 6.43. The fourth-order valence-electron chi connectivity index (χ4n) is 4.70. The maximum absolute atomic E-state index is 12.8. The minimum Gasteiger partial charge on any atom is -0.494 e. The monoisotopic (exact) mass is 522 g/mol. The molecule has 38 heavy (non-hydrogen) atoms. The van der Waals surface area contributed by atoms with Gasteiger partial charge in [-0.25, -0.2) is 0 Å². The van der Waals surface area contributed by atoms with Crippen LogP contribution in [0.15, 0.2) is 53.1 Å². The van der Waals surface area contributed by atoms with Crippen LogP contribution in [0.25, 0.3) is 11.4 Å². The highest BCUT2D eigenvalue weighted by Crippen LogP contribution is 2.38. The number of carbonyl (C=O) groups is 1. The van der Waals surface area contributed by atoms with Crippen LogP contribution in [0.4, 0.5) is 0 Å². The maximum Gasteiger partial charge on any atom is 0.223 e. The van der Waals surface area contributed by atoms with Gasteiger partial charge < -0.3 is 9.26 Å². The molecule has 1 heterocycles. The summed E-state index contributed by atoms with van der Waals surface area (Å²) >= 11 is 0. The Hall–Kier alpha value is -2.95. The van der Waals surface area contributed by atoms with Crippen LogP contribution in [-0.2, 0) is 10.2 Å². The van der Waals surface area contributed by atoms with E-state index in [9.17, 15) is 4.79 Å². The fraction of sp³-hybridized carbons (Fsp3) is 0.545. The highest BCUT2D eigenvalue weighted by atomic mass is 16.5. The first kappa shape index (κ1) is 33.1. The normalized spacial score (nSPS) is 10.6. The molecule has 5 nitrogen and oxygen atoms in total. The van der Waals surface area contributed by atoms with E-state index in [2.05, 4.69) is 69.0 Å². The lowest BCUT2D eigenvalue weighted by Gasteiger charge is -2.34. The first-order chi connectivity index (χ1) is 18.4. The van der Waals surface area contributed by atoms with Gasteiger partial charge in [0.1, 0.15) is 11.5 Å². The second kappa shape index (κ2) is 18.3. The van der Waals surface area contributed by atoms with Gasteiger partial charge in [0.15, 0.2) is 0 Å². The third kappa shape index (κ3) is 9.74. The molecule has 0 fully saturated rings. The maximum atomic E-state index is 12.8. The van der Waals surface area contributed by atoms with Crippen LogP contribution in [0, 0.1) is 13.8 Å². The summed E-state index contributed by atoms with van der Waals surface area (Å²) < 4.78 is 10.5. The van der Waals surface area contributed by atoms with Gasteiger partial charge in [-0.1, -0.05) is 90.2 Å². The SMILES string of the molecule is CC.CCCC(=O)C(CCC)(CCC)c1ccccc1C.CCCCOc1ccc(-c2noc(C)n2)cc1. The van der Waals surface area contributed by atoms with E-state index in [1.807, 2.05) is 38.1 Å². The Labute approximate surface area is 231 Å². The predicted molar refractivity (Wildman–Crippen MR) is 159 cm³/mol. The van der Waals surface area contributed by atoms with E-state index in [1.165, 1.54) is 11.1 Å². The van der Waals surface area contributed by atoms with E-state index in [4.69, 9.17) is 9.26 Å². The Morgan fingerprint density at radius 1 is 0.868 bits per heavy atom. The van der Waals surface area contributed by atoms with E-state index in [0.717, 1.165) is 62.9 Å². The topological polar surface area (TPSA) is 65.2 Å². The smallest absolute Gasteiger partial charge is 0.223 e. The van der Waals surface area contributed by atoms with Crippen molar-refractivity contribution in [1.82, 2.24) is 10.1 Å². The molecule has 0 aliphatic heterocycles. The Morgan fingerprint density at radius 2 is 1.50 bits per heavy atom. The van der Waals surface area contributed by atoms with Crippen LogP contribution in [0.1, 0.15) is 110 Å². The van der Waals surface area contributed by atoms with Crippen molar-refractivity contribution in [3.8, 4) is 17.1 Å². The first-order valence-corrected chi connectivity index (χ1v) is 14.5. The molecule has 0 unspecified atom stereocenters. The lowest BCUT2D eigenvalue weighted by molar-refractivity contribution is -0.125. The van der Waals surface area contributed by atoms with Gasteiger partial charge in [-0.2, -0.15) is 4.98 Å². The molecule has 1 aromatic heterocycles. The van der Waals surface area contributed by atoms with Crippen molar-refractivity contribution >= 4 is 5.78 Å². The molecule has 3 rings (SSSR count). The Kier molecular flexibility index (Phi) is 16.0. The molecule has 0 aliphatic carbocycles. The summed E-state index contributed by atoms with van der Waals surface area (Å²) in [4.78, 5) is 17.0. The second-order valence-corrected chi connectivity index (χ2v) is 9.43. The molecule has 210 valence electrons. The molecule has 0 saturated heterocycles. The van der Waals surface area contributed by atoms with Crippen LogP contribution in [-0.4, -0.2) is 22.5 Å². The number of aromatic nitrogens is 2. The summed E-state index contributed by atoms with van der Waals surface area (Å²) in [6.07, 6.45) is 7.93. The highest BCUT2D eigenvalue weighted by Gasteiger charge is 2.38. The van der Waals surface area contributed by atoms with Crippen LogP contribution in [0.2, 0.25) is 0 Å². The molecule has 0 bridgehead atoms. The van der Waals surface area contributed by atoms with Crippen molar-refractivity contribution in [2.45, 2.75) is 112 Å². The molecule has 3 aromatic rings. The number of ether oxygens (including phenoxy) is 1. The van der Waals surface area contributed by atoms with Crippen molar-refractivity contribution in [3.63, 3.8) is 0 Å². The molecular formula is C33H50N2O3. The van der Waals surface area contributed by atoms with Crippen LogP contribution < -0.4 is 4.74 Å². The number of rotatable bonds is 13. The average molecular weight is 523 g/mol. The number of nitrogens with zero attached hydrogens (tertiary/aromatic N) is 2. The van der Waals surface area contributed by atoms with Crippen LogP contribution >= 0.6 is 0 Å². The summed E-state index contributed by atoms with van der Waals surface area (Å²) in [6, 6.07) is 16.2. The van der Waals surface area contributed by atoms with Crippen LogP contribution in [0.3, 0.4) is 0 Å². The molecule has 0 atom stereocenters. The average Bonchev–Trinajstić information content (AvgIpc) is 3.37. The van der Waals surface area contributed by atoms with Crippen molar-refractivity contribution < 1.29 is 14.1 Å². The van der Waals surface area contributed by atoms with Gasteiger partial charge in [0, 0.05) is 18.9 Å². The summed E-state index contributed by atoms with van der Waals surface area (Å²) in [5, 5.41) is 3.86. The number of carbonyl (C=O) groups excluding carboxylic acids is 1. The molecule has 0 spiro atoms. The fourth-order valence-corrected chi connectivity index (χ4v) is 4.70. The van der Waals surface area contributed by atoms with Crippen molar-refractivity contribution in [1.29, 1.82) is 0 Å². The number of hydrogen-bond donors (Lipinski definition) is 0. The van der Waals surface area contributed by atoms with E-state index >= 15 is 0 Å². The number of Topliss-reactive ketones (excluding diaryl/α,β-unsaturated/α-hetero) is 1. The Balaban J connectivity index is 0.000000358. The van der Waals surface area contributed by atoms with Gasteiger partial charge >= 0.3 is 0 Å². The van der Waals surface area contributed by atoms with Crippen molar-refractivity contribution in [3.05, 3.63) is 65.5 Å². The van der Waals surface area contributed by atoms with Gasteiger partial charge in [-0.05, 0) is 68.0 Å². The highest BCUT2D eigenvalue weighted by molar-refractivity contribution is 5.90. The summed E-state index contributed by atoms with van der Waals surface area (Å²) in [5.74, 6) is 2.50. The standard InChI is InChI=1S/C18H28O.C13H16N2O2.C2H6/c1-5-10-17(19)18(13-6-2,14-7-3)16-12-9-8-11-15(16)4;1-3-4-9-16-12-7-5-11(6-8-12)13-14-10(2)17-15-13;1-2/h8-9,11-12H,5-7,10,13-14H2,1-4H3;5-8H,3-4,9H2,1-2H3;1-2H3. The number of benzene rings is 2. The van der Waals surface area contributed by atoms with Gasteiger partial charge in [-0.3, -0.25) is 4.79 Å². The van der Waals surface area contributed by atoms with Crippen LogP contribution in [0.5, 0.6) is 5.75 Å².